The van der Waals surface area contributed by atoms with E-state index in [0.29, 0.717) is 23.0 Å². The standard InChI is InChI=1S/C23H25ClN2O2/c24-18-7-4-8-19(14-18)25-22(27)20-15-21(20)23(28)26-11-9-17(10-12-26)13-16-5-2-1-3-6-16/h1-8,14,17,20-21H,9-13,15H2,(H,25,27). The van der Waals surface area contributed by atoms with E-state index < -0.39 is 0 Å². The molecule has 2 aromatic rings. The maximum Gasteiger partial charge on any atom is 0.228 e. The SMILES string of the molecule is O=C(Nc1cccc(Cl)c1)C1CC1C(=O)N1CCC(Cc2ccccc2)CC1. The molecule has 0 spiro atoms. The van der Waals surface area contributed by atoms with E-state index in [0.717, 1.165) is 32.4 Å². The van der Waals surface area contributed by atoms with Gasteiger partial charge in [-0.2, -0.15) is 0 Å². The zero-order valence-electron chi connectivity index (χ0n) is 15.8. The lowest BCUT2D eigenvalue weighted by atomic mass is 9.90. The number of hydrogen-bond donors (Lipinski definition) is 1. The van der Waals surface area contributed by atoms with Gasteiger partial charge in [0.15, 0.2) is 0 Å². The van der Waals surface area contributed by atoms with E-state index in [1.165, 1.54) is 5.56 Å². The van der Waals surface area contributed by atoms with E-state index in [9.17, 15) is 9.59 Å². The van der Waals surface area contributed by atoms with Gasteiger partial charge < -0.3 is 10.2 Å². The Labute approximate surface area is 170 Å². The van der Waals surface area contributed by atoms with Crippen molar-refractivity contribution < 1.29 is 9.59 Å². The number of nitrogens with one attached hydrogen (secondary N) is 1. The average molecular weight is 397 g/mol. The van der Waals surface area contributed by atoms with E-state index in [1.807, 2.05) is 11.0 Å². The molecule has 1 saturated heterocycles. The van der Waals surface area contributed by atoms with Crippen LogP contribution in [-0.4, -0.2) is 29.8 Å². The van der Waals surface area contributed by atoms with Crippen molar-refractivity contribution in [1.29, 1.82) is 0 Å². The van der Waals surface area contributed by atoms with Crippen LogP contribution >= 0.6 is 11.6 Å². The number of nitrogens with zero attached hydrogens (tertiary/aromatic N) is 1. The number of amides is 2. The largest absolute Gasteiger partial charge is 0.342 e. The number of benzene rings is 2. The van der Waals surface area contributed by atoms with Crippen LogP contribution in [0.4, 0.5) is 5.69 Å². The minimum Gasteiger partial charge on any atom is -0.342 e. The lowest BCUT2D eigenvalue weighted by molar-refractivity contribution is -0.135. The van der Waals surface area contributed by atoms with Crippen molar-refractivity contribution in [2.75, 3.05) is 18.4 Å². The van der Waals surface area contributed by atoms with E-state index in [-0.39, 0.29) is 23.7 Å². The molecule has 1 saturated carbocycles. The van der Waals surface area contributed by atoms with Crippen LogP contribution in [0, 0.1) is 17.8 Å². The molecule has 4 rings (SSSR count). The van der Waals surface area contributed by atoms with E-state index in [1.54, 1.807) is 24.3 Å². The smallest absolute Gasteiger partial charge is 0.228 e. The number of halogens is 1. The van der Waals surface area contributed by atoms with Gasteiger partial charge in [-0.3, -0.25) is 9.59 Å². The summed E-state index contributed by atoms with van der Waals surface area (Å²) in [6.07, 6.45) is 3.80. The van der Waals surface area contributed by atoms with Gasteiger partial charge in [-0.15, -0.1) is 0 Å². The number of hydrogen-bond acceptors (Lipinski definition) is 2. The second kappa shape index (κ2) is 8.36. The fourth-order valence-electron chi connectivity index (χ4n) is 4.10. The predicted octanol–water partition coefficient (Wildman–Crippen LogP) is 4.40. The Morgan fingerprint density at radius 1 is 1.00 bits per heavy atom. The number of piperidine rings is 1. The number of carbonyl (C=O) groups is 2. The first kappa shape index (κ1) is 19.0. The quantitative estimate of drug-likeness (QED) is 0.814. The number of anilines is 1. The minimum absolute atomic E-state index is 0.0837. The Bertz CT molecular complexity index is 847. The summed E-state index contributed by atoms with van der Waals surface area (Å²) in [5.41, 5.74) is 2.05. The van der Waals surface area contributed by atoms with Gasteiger partial charge in [0.05, 0.1) is 11.8 Å². The molecule has 4 nitrogen and oxygen atoms in total. The molecule has 146 valence electrons. The Kier molecular flexibility index (Phi) is 5.67. The third-order valence-electron chi connectivity index (χ3n) is 5.83. The molecule has 2 unspecified atom stereocenters. The number of rotatable bonds is 5. The highest BCUT2D eigenvalue weighted by atomic mass is 35.5. The molecule has 2 amide bonds. The zero-order chi connectivity index (χ0) is 19.5. The third kappa shape index (κ3) is 4.56. The number of carbonyl (C=O) groups excluding carboxylic acids is 2. The summed E-state index contributed by atoms with van der Waals surface area (Å²) in [5.74, 6) is 0.315. The molecule has 2 aliphatic rings. The predicted molar refractivity (Wildman–Crippen MR) is 111 cm³/mol. The summed E-state index contributed by atoms with van der Waals surface area (Å²) in [6, 6.07) is 17.6. The average Bonchev–Trinajstić information content (AvgIpc) is 3.50. The number of likely N-dealkylation sites (tertiary alicyclic amines) is 1. The molecular formula is C23H25ClN2O2. The van der Waals surface area contributed by atoms with E-state index >= 15 is 0 Å². The van der Waals surface area contributed by atoms with Crippen LogP contribution in [0.2, 0.25) is 5.02 Å². The topological polar surface area (TPSA) is 49.4 Å². The Morgan fingerprint density at radius 2 is 1.75 bits per heavy atom. The third-order valence-corrected chi connectivity index (χ3v) is 6.07. The maximum atomic E-state index is 12.8. The van der Waals surface area contributed by atoms with Crippen LogP contribution < -0.4 is 5.32 Å². The van der Waals surface area contributed by atoms with Crippen molar-refractivity contribution in [3.8, 4) is 0 Å². The highest BCUT2D eigenvalue weighted by Crippen LogP contribution is 2.41. The molecule has 5 heteroatoms. The van der Waals surface area contributed by atoms with Crippen molar-refractivity contribution in [3.63, 3.8) is 0 Å². The molecule has 2 aromatic carbocycles. The zero-order valence-corrected chi connectivity index (χ0v) is 16.6. The van der Waals surface area contributed by atoms with Gasteiger partial charge in [0.1, 0.15) is 0 Å². The monoisotopic (exact) mass is 396 g/mol. The summed E-state index contributed by atoms with van der Waals surface area (Å²) in [6.45, 7) is 1.60. The lowest BCUT2D eigenvalue weighted by Crippen LogP contribution is -2.40. The van der Waals surface area contributed by atoms with E-state index in [2.05, 4.69) is 29.6 Å². The van der Waals surface area contributed by atoms with Crippen molar-refractivity contribution in [3.05, 3.63) is 65.2 Å². The van der Waals surface area contributed by atoms with Crippen LogP contribution in [-0.2, 0) is 16.0 Å². The lowest BCUT2D eigenvalue weighted by Gasteiger charge is -2.32. The van der Waals surface area contributed by atoms with Crippen LogP contribution in [0.25, 0.3) is 0 Å². The maximum absolute atomic E-state index is 12.8. The Balaban J connectivity index is 1.24. The molecule has 0 bridgehead atoms. The highest BCUT2D eigenvalue weighted by molar-refractivity contribution is 6.30. The summed E-state index contributed by atoms with van der Waals surface area (Å²) in [7, 11) is 0. The van der Waals surface area contributed by atoms with Gasteiger partial charge in [-0.25, -0.2) is 0 Å². The minimum atomic E-state index is -0.214. The van der Waals surface area contributed by atoms with Crippen LogP contribution in [0.15, 0.2) is 54.6 Å². The fraction of sp³-hybridized carbons (Fsp3) is 0.391. The first-order valence-electron chi connectivity index (χ1n) is 9.99. The van der Waals surface area contributed by atoms with Crippen LogP contribution in [0.1, 0.15) is 24.8 Å². The molecule has 0 radical (unpaired) electrons. The van der Waals surface area contributed by atoms with Gasteiger partial charge in [-0.05, 0) is 55.4 Å². The molecule has 2 atom stereocenters. The normalized spacial score (nSPS) is 22.0. The summed E-state index contributed by atoms with van der Waals surface area (Å²) < 4.78 is 0. The van der Waals surface area contributed by atoms with Crippen molar-refractivity contribution in [2.45, 2.75) is 25.7 Å². The van der Waals surface area contributed by atoms with Gasteiger partial charge in [0, 0.05) is 23.8 Å². The Hall–Kier alpha value is -2.33. The second-order valence-corrected chi connectivity index (χ2v) is 8.34. The first-order valence-corrected chi connectivity index (χ1v) is 10.4. The summed E-state index contributed by atoms with van der Waals surface area (Å²) >= 11 is 5.95. The van der Waals surface area contributed by atoms with Crippen LogP contribution in [0.3, 0.4) is 0 Å². The molecule has 1 aliphatic heterocycles. The van der Waals surface area contributed by atoms with E-state index in [4.69, 9.17) is 11.6 Å². The molecule has 28 heavy (non-hydrogen) atoms. The molecule has 0 aromatic heterocycles. The molecule has 1 aliphatic carbocycles. The second-order valence-electron chi connectivity index (χ2n) is 7.91. The van der Waals surface area contributed by atoms with Gasteiger partial charge >= 0.3 is 0 Å². The van der Waals surface area contributed by atoms with Gasteiger partial charge in [-0.1, -0.05) is 48.0 Å². The van der Waals surface area contributed by atoms with Crippen LogP contribution in [0.5, 0.6) is 0 Å². The Morgan fingerprint density at radius 3 is 2.46 bits per heavy atom. The molecule has 2 fully saturated rings. The molecular weight excluding hydrogens is 372 g/mol. The van der Waals surface area contributed by atoms with Crippen molar-refractivity contribution in [1.82, 2.24) is 4.90 Å². The van der Waals surface area contributed by atoms with Gasteiger partial charge in [0.2, 0.25) is 11.8 Å². The summed E-state index contributed by atoms with van der Waals surface area (Å²) in [4.78, 5) is 27.1. The van der Waals surface area contributed by atoms with Crippen molar-refractivity contribution >= 4 is 29.1 Å². The fourth-order valence-corrected chi connectivity index (χ4v) is 4.29. The molecule has 1 N–H and O–H groups in total. The van der Waals surface area contributed by atoms with Crippen molar-refractivity contribution in [2.24, 2.45) is 17.8 Å². The first-order chi connectivity index (χ1) is 13.6. The molecule has 1 heterocycles. The summed E-state index contributed by atoms with van der Waals surface area (Å²) in [5, 5.41) is 3.46. The van der Waals surface area contributed by atoms with Gasteiger partial charge in [0.25, 0.3) is 0 Å². The highest BCUT2D eigenvalue weighted by Gasteiger charge is 2.49.